The normalized spacial score (nSPS) is 12.5. The van der Waals surface area contributed by atoms with Gasteiger partial charge in [-0.3, -0.25) is 0 Å². The second-order valence-corrected chi connectivity index (χ2v) is 3.36. The molecule has 0 unspecified atom stereocenters. The van der Waals surface area contributed by atoms with E-state index in [0.717, 1.165) is 17.2 Å². The summed E-state index contributed by atoms with van der Waals surface area (Å²) in [6.07, 6.45) is 2.45. The second-order valence-electron chi connectivity index (χ2n) is 2.98. The van der Waals surface area contributed by atoms with Gasteiger partial charge < -0.3 is 0 Å². The van der Waals surface area contributed by atoms with Gasteiger partial charge in [0.25, 0.3) is 0 Å². The van der Waals surface area contributed by atoms with E-state index in [1.165, 1.54) is 6.07 Å². The summed E-state index contributed by atoms with van der Waals surface area (Å²) < 4.78 is 13.2. The summed E-state index contributed by atoms with van der Waals surface area (Å²) in [5.74, 6) is -0.415. The number of halogens is 2. The Labute approximate surface area is 88.0 Å². The average Bonchev–Trinajstić information content (AvgIpc) is 2.19. The lowest BCUT2D eigenvalue weighted by Crippen LogP contribution is -2.27. The van der Waals surface area contributed by atoms with Gasteiger partial charge in [0.15, 0.2) is 0 Å². The van der Waals surface area contributed by atoms with E-state index >= 15 is 0 Å². The molecule has 0 saturated heterocycles. The molecule has 1 rings (SSSR count). The van der Waals surface area contributed by atoms with Crippen LogP contribution in [-0.4, -0.2) is 0 Å². The molecule has 0 aliphatic heterocycles. The average molecular weight is 211 g/mol. The van der Waals surface area contributed by atoms with E-state index in [2.05, 4.69) is 13.2 Å². The van der Waals surface area contributed by atoms with Gasteiger partial charge in [-0.1, -0.05) is 43.8 Å². The monoisotopic (exact) mass is 210 g/mol. The number of allylic oxidation sites excluding steroid dienone is 1. The van der Waals surface area contributed by atoms with Crippen LogP contribution in [0.2, 0.25) is 5.02 Å². The van der Waals surface area contributed by atoms with Crippen molar-refractivity contribution in [1.82, 2.24) is 0 Å². The second kappa shape index (κ2) is 4.43. The van der Waals surface area contributed by atoms with Gasteiger partial charge in [0.2, 0.25) is 0 Å². The molecule has 74 valence electrons. The molecule has 0 aliphatic rings. The number of rotatable bonds is 2. The molecule has 0 aromatic heterocycles. The largest absolute Gasteiger partial charge is 0.205 e. The van der Waals surface area contributed by atoms with Gasteiger partial charge in [0.1, 0.15) is 5.82 Å². The standard InChI is InChI=1S/C12H12ClF/c1-4-9(5-2)11-8(3)6-7-10(14)12(11)13/h4,6-7H,1,3,5H2,2H3/b11-9-. The van der Waals surface area contributed by atoms with Gasteiger partial charge in [-0.2, -0.15) is 0 Å². The van der Waals surface area contributed by atoms with Gasteiger partial charge in [-0.25, -0.2) is 4.39 Å². The van der Waals surface area contributed by atoms with Crippen LogP contribution < -0.4 is 10.4 Å². The highest BCUT2D eigenvalue weighted by molar-refractivity contribution is 6.31. The summed E-state index contributed by atoms with van der Waals surface area (Å²) in [7, 11) is 0. The maximum atomic E-state index is 13.2. The van der Waals surface area contributed by atoms with E-state index in [-0.39, 0.29) is 5.02 Å². The lowest BCUT2D eigenvalue weighted by atomic mass is 10.1. The fraction of sp³-hybridized carbons (Fsp3) is 0.167. The van der Waals surface area contributed by atoms with Crippen molar-refractivity contribution in [3.05, 3.63) is 46.1 Å². The minimum absolute atomic E-state index is 0.134. The zero-order valence-electron chi connectivity index (χ0n) is 8.11. The zero-order valence-corrected chi connectivity index (χ0v) is 8.87. The number of hydrogen-bond donors (Lipinski definition) is 0. The molecule has 1 aromatic carbocycles. The molecule has 14 heavy (non-hydrogen) atoms. The Bertz CT molecular complexity index is 460. The van der Waals surface area contributed by atoms with Gasteiger partial charge in [0.05, 0.1) is 5.02 Å². The third-order valence-electron chi connectivity index (χ3n) is 2.13. The van der Waals surface area contributed by atoms with Crippen LogP contribution in [0.25, 0.3) is 12.2 Å². The molecule has 0 amide bonds. The molecule has 0 aliphatic carbocycles. The SMILES string of the molecule is C=C/C(CC)=c1/c(Cl)c(F)ccc1=C. The molecule has 0 bridgehead atoms. The predicted molar refractivity (Wildman–Crippen MR) is 60.1 cm³/mol. The smallest absolute Gasteiger partial charge is 0.142 e. The first-order valence-electron chi connectivity index (χ1n) is 4.40. The van der Waals surface area contributed by atoms with Crippen LogP contribution in [0.3, 0.4) is 0 Å². The van der Waals surface area contributed by atoms with Crippen molar-refractivity contribution in [2.45, 2.75) is 13.3 Å². The maximum Gasteiger partial charge on any atom is 0.142 e. The Morgan fingerprint density at radius 3 is 2.71 bits per heavy atom. The van der Waals surface area contributed by atoms with Gasteiger partial charge >= 0.3 is 0 Å². The first-order chi connectivity index (χ1) is 6.61. The predicted octanol–water partition coefficient (Wildman–Crippen LogP) is 2.64. The van der Waals surface area contributed by atoms with Gasteiger partial charge in [-0.05, 0) is 23.3 Å². The molecule has 0 heterocycles. The van der Waals surface area contributed by atoms with Crippen molar-refractivity contribution in [1.29, 1.82) is 0 Å². The Kier molecular flexibility index (Phi) is 3.48. The van der Waals surface area contributed by atoms with Crippen molar-refractivity contribution in [3.8, 4) is 0 Å². The number of benzene rings is 1. The van der Waals surface area contributed by atoms with Gasteiger partial charge in [0, 0.05) is 5.22 Å². The zero-order chi connectivity index (χ0) is 10.7. The van der Waals surface area contributed by atoms with Crippen LogP contribution in [0.5, 0.6) is 0 Å². The van der Waals surface area contributed by atoms with Crippen LogP contribution in [0, 0.1) is 5.82 Å². The summed E-state index contributed by atoms with van der Waals surface area (Å²) in [6.45, 7) is 9.46. The molecular formula is C12H12ClF. The molecule has 0 saturated carbocycles. The number of hydrogen-bond acceptors (Lipinski definition) is 0. The molecule has 0 nitrogen and oxygen atoms in total. The lowest BCUT2D eigenvalue weighted by molar-refractivity contribution is 0.626. The van der Waals surface area contributed by atoms with E-state index < -0.39 is 5.82 Å². The van der Waals surface area contributed by atoms with E-state index in [0.29, 0.717) is 5.22 Å². The molecule has 1 aromatic rings. The van der Waals surface area contributed by atoms with Crippen LogP contribution in [-0.2, 0) is 0 Å². The molecule has 2 heteroatoms. The molecule has 0 atom stereocenters. The van der Waals surface area contributed by atoms with E-state index in [9.17, 15) is 4.39 Å². The highest BCUT2D eigenvalue weighted by Gasteiger charge is 2.03. The molecule has 0 fully saturated rings. The maximum absolute atomic E-state index is 13.2. The van der Waals surface area contributed by atoms with Crippen LogP contribution in [0.4, 0.5) is 4.39 Å². The Morgan fingerprint density at radius 1 is 1.57 bits per heavy atom. The Morgan fingerprint density at radius 2 is 2.21 bits per heavy atom. The van der Waals surface area contributed by atoms with E-state index in [4.69, 9.17) is 11.6 Å². The first kappa shape index (κ1) is 11.0. The Hall–Kier alpha value is -1.08. The molecular weight excluding hydrogens is 199 g/mol. The fourth-order valence-corrected chi connectivity index (χ4v) is 1.67. The first-order valence-corrected chi connectivity index (χ1v) is 4.78. The highest BCUT2D eigenvalue weighted by atomic mass is 35.5. The molecule has 0 radical (unpaired) electrons. The van der Waals surface area contributed by atoms with Gasteiger partial charge in [-0.15, -0.1) is 0 Å². The summed E-state index contributed by atoms with van der Waals surface area (Å²) in [5.41, 5.74) is 0.916. The Balaban J connectivity index is 3.79. The van der Waals surface area contributed by atoms with Crippen LogP contribution in [0.15, 0.2) is 24.8 Å². The molecule has 0 N–H and O–H groups in total. The van der Waals surface area contributed by atoms with Crippen LogP contribution >= 0.6 is 11.6 Å². The summed E-state index contributed by atoms with van der Waals surface area (Å²) in [4.78, 5) is 0. The van der Waals surface area contributed by atoms with Crippen molar-refractivity contribution in [2.24, 2.45) is 0 Å². The summed E-state index contributed by atoms with van der Waals surface area (Å²) >= 11 is 5.87. The minimum Gasteiger partial charge on any atom is -0.205 e. The quantitative estimate of drug-likeness (QED) is 0.704. The topological polar surface area (TPSA) is 0 Å². The minimum atomic E-state index is -0.415. The third kappa shape index (κ3) is 1.88. The fourth-order valence-electron chi connectivity index (χ4n) is 1.36. The van der Waals surface area contributed by atoms with Crippen LogP contribution in [0.1, 0.15) is 13.3 Å². The third-order valence-corrected chi connectivity index (χ3v) is 2.50. The van der Waals surface area contributed by atoms with E-state index in [1.54, 1.807) is 12.1 Å². The van der Waals surface area contributed by atoms with Crippen molar-refractivity contribution in [2.75, 3.05) is 0 Å². The van der Waals surface area contributed by atoms with Crippen molar-refractivity contribution in [3.63, 3.8) is 0 Å². The molecule has 0 spiro atoms. The lowest BCUT2D eigenvalue weighted by Gasteiger charge is -2.01. The highest BCUT2D eigenvalue weighted by Crippen LogP contribution is 2.09. The van der Waals surface area contributed by atoms with E-state index in [1.807, 2.05) is 6.92 Å². The summed E-state index contributed by atoms with van der Waals surface area (Å²) in [6, 6.07) is 2.94. The van der Waals surface area contributed by atoms with Crippen molar-refractivity contribution < 1.29 is 4.39 Å². The van der Waals surface area contributed by atoms with Crippen molar-refractivity contribution >= 4 is 23.8 Å². The summed E-state index contributed by atoms with van der Waals surface area (Å²) in [5, 5.41) is 1.53.